The molecule has 0 unspecified atom stereocenters. The molecule has 0 aromatic heterocycles. The van der Waals surface area contributed by atoms with Crippen LogP contribution in [-0.4, -0.2) is 38.0 Å². The first-order chi connectivity index (χ1) is 9.27. The highest BCUT2D eigenvalue weighted by molar-refractivity contribution is 14.0. The Balaban J connectivity index is 0.00000361. The van der Waals surface area contributed by atoms with Crippen molar-refractivity contribution in [2.75, 3.05) is 26.2 Å². The zero-order valence-electron chi connectivity index (χ0n) is 12.0. The van der Waals surface area contributed by atoms with E-state index < -0.39 is 0 Å². The molecule has 20 heavy (non-hydrogen) atoms. The zero-order chi connectivity index (χ0) is 13.9. The highest BCUT2D eigenvalue weighted by atomic mass is 127. The zero-order valence-corrected chi connectivity index (χ0v) is 14.3. The minimum atomic E-state index is -0.0655. The van der Waals surface area contributed by atoms with Gasteiger partial charge in [0.1, 0.15) is 0 Å². The molecule has 1 rings (SSSR count). The Kier molecular flexibility index (Phi) is 10.8. The largest absolute Gasteiger partial charge is 0.357 e. The molecule has 0 fully saturated rings. The number of benzene rings is 1. The summed E-state index contributed by atoms with van der Waals surface area (Å²) in [7, 11) is 0. The number of hydrogen-bond acceptors (Lipinski definition) is 2. The molecule has 112 valence electrons. The molecule has 0 atom stereocenters. The first-order valence-corrected chi connectivity index (χ1v) is 6.63. The second kappa shape index (κ2) is 11.5. The molecule has 5 nitrogen and oxygen atoms in total. The summed E-state index contributed by atoms with van der Waals surface area (Å²) in [5, 5.41) is 9.10. The SMILES string of the molecule is CCNC(=NCCNC(=O)c1ccccc1)NCC.I. The molecule has 0 aliphatic heterocycles. The molecule has 6 heteroatoms. The molecule has 1 aromatic carbocycles. The molecule has 1 aromatic rings. The molecular formula is C14H23IN4O. The molecule has 0 aliphatic rings. The van der Waals surface area contributed by atoms with Crippen LogP contribution in [0.3, 0.4) is 0 Å². The van der Waals surface area contributed by atoms with E-state index in [4.69, 9.17) is 0 Å². The Labute approximate surface area is 137 Å². The van der Waals surface area contributed by atoms with Gasteiger partial charge in [-0.25, -0.2) is 0 Å². The lowest BCUT2D eigenvalue weighted by molar-refractivity contribution is 0.0955. The van der Waals surface area contributed by atoms with E-state index in [1.54, 1.807) is 12.1 Å². The summed E-state index contributed by atoms with van der Waals surface area (Å²) in [6.45, 7) is 6.75. The van der Waals surface area contributed by atoms with E-state index in [9.17, 15) is 4.79 Å². The highest BCUT2D eigenvalue weighted by Gasteiger charge is 2.02. The summed E-state index contributed by atoms with van der Waals surface area (Å²) in [5.74, 6) is 0.711. The number of carbonyl (C=O) groups is 1. The third kappa shape index (κ3) is 7.32. The van der Waals surface area contributed by atoms with Gasteiger partial charge in [-0.05, 0) is 26.0 Å². The molecule has 3 N–H and O–H groups in total. The van der Waals surface area contributed by atoms with Crippen LogP contribution in [-0.2, 0) is 0 Å². The van der Waals surface area contributed by atoms with Gasteiger partial charge < -0.3 is 16.0 Å². The lowest BCUT2D eigenvalue weighted by Crippen LogP contribution is -2.37. The molecule has 1 amide bonds. The van der Waals surface area contributed by atoms with Gasteiger partial charge in [0.25, 0.3) is 5.91 Å². The Bertz CT molecular complexity index is 401. The molecule has 0 saturated carbocycles. The number of carbonyl (C=O) groups excluding carboxylic acids is 1. The van der Waals surface area contributed by atoms with Crippen molar-refractivity contribution in [1.82, 2.24) is 16.0 Å². The van der Waals surface area contributed by atoms with Gasteiger partial charge in [-0.1, -0.05) is 18.2 Å². The van der Waals surface area contributed by atoms with Gasteiger partial charge in [0, 0.05) is 25.2 Å². The Morgan fingerprint density at radius 3 is 2.20 bits per heavy atom. The van der Waals surface area contributed by atoms with E-state index in [1.165, 1.54) is 0 Å². The van der Waals surface area contributed by atoms with Crippen molar-refractivity contribution in [3.8, 4) is 0 Å². The Morgan fingerprint density at radius 1 is 1.05 bits per heavy atom. The molecular weight excluding hydrogens is 367 g/mol. The topological polar surface area (TPSA) is 65.5 Å². The quantitative estimate of drug-likeness (QED) is 0.299. The van der Waals surface area contributed by atoms with Gasteiger partial charge in [-0.3, -0.25) is 9.79 Å². The van der Waals surface area contributed by atoms with Crippen molar-refractivity contribution in [3.63, 3.8) is 0 Å². The van der Waals surface area contributed by atoms with Crippen LogP contribution in [0.5, 0.6) is 0 Å². The molecule has 0 radical (unpaired) electrons. The number of rotatable bonds is 6. The van der Waals surface area contributed by atoms with Gasteiger partial charge in [0.2, 0.25) is 0 Å². The fourth-order valence-corrected chi connectivity index (χ4v) is 1.54. The maximum atomic E-state index is 11.7. The van der Waals surface area contributed by atoms with E-state index in [2.05, 4.69) is 20.9 Å². The fourth-order valence-electron chi connectivity index (χ4n) is 1.54. The Morgan fingerprint density at radius 2 is 1.65 bits per heavy atom. The number of amides is 1. The average Bonchev–Trinajstić information content (AvgIpc) is 2.44. The monoisotopic (exact) mass is 390 g/mol. The van der Waals surface area contributed by atoms with Crippen molar-refractivity contribution in [3.05, 3.63) is 35.9 Å². The smallest absolute Gasteiger partial charge is 0.251 e. The standard InChI is InChI=1S/C14H22N4O.HI/c1-3-15-14(16-4-2)18-11-10-17-13(19)12-8-6-5-7-9-12;/h5-9H,3-4,10-11H2,1-2H3,(H,17,19)(H2,15,16,18);1H. The maximum absolute atomic E-state index is 11.7. The number of nitrogens with one attached hydrogen (secondary N) is 3. The van der Waals surface area contributed by atoms with E-state index in [0.717, 1.165) is 19.0 Å². The molecule has 0 bridgehead atoms. The minimum Gasteiger partial charge on any atom is -0.357 e. The normalized spacial score (nSPS) is 9.10. The summed E-state index contributed by atoms with van der Waals surface area (Å²) in [4.78, 5) is 16.1. The van der Waals surface area contributed by atoms with Crippen LogP contribution >= 0.6 is 24.0 Å². The summed E-state index contributed by atoms with van der Waals surface area (Å²) in [6, 6.07) is 9.17. The van der Waals surface area contributed by atoms with E-state index >= 15 is 0 Å². The van der Waals surface area contributed by atoms with Crippen molar-refractivity contribution in [2.45, 2.75) is 13.8 Å². The number of hydrogen-bond donors (Lipinski definition) is 3. The summed E-state index contributed by atoms with van der Waals surface area (Å²) in [6.07, 6.45) is 0. The highest BCUT2D eigenvalue weighted by Crippen LogP contribution is 1.97. The third-order valence-corrected chi connectivity index (χ3v) is 2.39. The molecule has 0 spiro atoms. The van der Waals surface area contributed by atoms with Gasteiger partial charge in [-0.15, -0.1) is 24.0 Å². The number of nitrogens with zero attached hydrogens (tertiary/aromatic N) is 1. The van der Waals surface area contributed by atoms with Crippen molar-refractivity contribution >= 4 is 35.8 Å². The van der Waals surface area contributed by atoms with Crippen molar-refractivity contribution < 1.29 is 4.79 Å². The summed E-state index contributed by atoms with van der Waals surface area (Å²) < 4.78 is 0. The lowest BCUT2D eigenvalue weighted by atomic mass is 10.2. The third-order valence-electron chi connectivity index (χ3n) is 2.39. The number of aliphatic imine (C=N–C) groups is 1. The van der Waals surface area contributed by atoms with Gasteiger partial charge in [-0.2, -0.15) is 0 Å². The van der Waals surface area contributed by atoms with E-state index in [-0.39, 0.29) is 29.9 Å². The predicted octanol–water partition coefficient (Wildman–Crippen LogP) is 1.61. The first kappa shape index (κ1) is 18.7. The van der Waals surface area contributed by atoms with Crippen molar-refractivity contribution in [1.29, 1.82) is 0 Å². The molecule has 0 aliphatic carbocycles. The van der Waals surface area contributed by atoms with E-state index in [0.29, 0.717) is 18.7 Å². The van der Waals surface area contributed by atoms with Gasteiger partial charge >= 0.3 is 0 Å². The Hall–Kier alpha value is -1.31. The van der Waals surface area contributed by atoms with Crippen LogP contribution in [0.15, 0.2) is 35.3 Å². The van der Waals surface area contributed by atoms with Crippen LogP contribution in [0, 0.1) is 0 Å². The predicted molar refractivity (Wildman–Crippen MR) is 93.8 cm³/mol. The number of halogens is 1. The number of guanidine groups is 1. The van der Waals surface area contributed by atoms with Crippen LogP contribution < -0.4 is 16.0 Å². The van der Waals surface area contributed by atoms with E-state index in [1.807, 2.05) is 32.0 Å². The molecule has 0 heterocycles. The van der Waals surface area contributed by atoms with Crippen LogP contribution in [0.2, 0.25) is 0 Å². The fraction of sp³-hybridized carbons (Fsp3) is 0.429. The van der Waals surface area contributed by atoms with Gasteiger partial charge in [0.15, 0.2) is 5.96 Å². The second-order valence-corrected chi connectivity index (χ2v) is 3.91. The lowest BCUT2D eigenvalue weighted by Gasteiger charge is -2.09. The van der Waals surface area contributed by atoms with Crippen molar-refractivity contribution in [2.24, 2.45) is 4.99 Å². The summed E-state index contributed by atoms with van der Waals surface area (Å²) >= 11 is 0. The molecule has 0 saturated heterocycles. The maximum Gasteiger partial charge on any atom is 0.251 e. The van der Waals surface area contributed by atoms with Crippen LogP contribution in [0.1, 0.15) is 24.2 Å². The van der Waals surface area contributed by atoms with Gasteiger partial charge in [0.05, 0.1) is 6.54 Å². The average molecular weight is 390 g/mol. The van der Waals surface area contributed by atoms with Crippen LogP contribution in [0.4, 0.5) is 0 Å². The van der Waals surface area contributed by atoms with Crippen LogP contribution in [0.25, 0.3) is 0 Å². The second-order valence-electron chi connectivity index (χ2n) is 3.91. The summed E-state index contributed by atoms with van der Waals surface area (Å²) in [5.41, 5.74) is 0.671. The minimum absolute atomic E-state index is 0. The first-order valence-electron chi connectivity index (χ1n) is 6.63.